The minimum atomic E-state index is -0.570. The number of hydrogen-bond acceptors (Lipinski definition) is 5. The van der Waals surface area contributed by atoms with Crippen LogP contribution in [-0.4, -0.2) is 47.1 Å². The highest BCUT2D eigenvalue weighted by Gasteiger charge is 2.21. The highest BCUT2D eigenvalue weighted by Crippen LogP contribution is 2.12. The van der Waals surface area contributed by atoms with Gasteiger partial charge in [0.1, 0.15) is 5.60 Å². The summed E-state index contributed by atoms with van der Waals surface area (Å²) in [6.45, 7) is 8.49. The molecule has 0 saturated carbocycles. The molecule has 0 bridgehead atoms. The summed E-state index contributed by atoms with van der Waals surface area (Å²) in [6.07, 6.45) is 5.60. The third-order valence-electron chi connectivity index (χ3n) is 3.15. The maximum Gasteiger partial charge on any atom is 0.410 e. The lowest BCUT2D eigenvalue weighted by Gasteiger charge is -2.26. The van der Waals surface area contributed by atoms with E-state index in [4.69, 9.17) is 9.47 Å². The number of ketones is 1. The van der Waals surface area contributed by atoms with Gasteiger partial charge in [0.2, 0.25) is 5.88 Å². The molecule has 0 aromatic carbocycles. The fourth-order valence-electron chi connectivity index (χ4n) is 1.89. The van der Waals surface area contributed by atoms with Crippen molar-refractivity contribution in [3.63, 3.8) is 0 Å². The van der Waals surface area contributed by atoms with Gasteiger partial charge in [-0.2, -0.15) is 0 Å². The molecule has 0 aliphatic carbocycles. The van der Waals surface area contributed by atoms with Gasteiger partial charge >= 0.3 is 6.09 Å². The summed E-state index contributed by atoms with van der Waals surface area (Å²) in [5.41, 5.74) is -0.570. The molecule has 0 N–H and O–H groups in total. The Morgan fingerprint density at radius 3 is 2.62 bits per heavy atom. The normalized spacial score (nSPS) is 11.4. The smallest absolute Gasteiger partial charge is 0.410 e. The van der Waals surface area contributed by atoms with Gasteiger partial charge < -0.3 is 14.4 Å². The van der Waals surface area contributed by atoms with E-state index in [1.807, 2.05) is 32.9 Å². The van der Waals surface area contributed by atoms with Crippen LogP contribution in [0.25, 0.3) is 0 Å². The first kappa shape index (κ1) is 22.4. The van der Waals surface area contributed by atoms with Gasteiger partial charge in [0.25, 0.3) is 0 Å². The Morgan fingerprint density at radius 2 is 2.04 bits per heavy atom. The molecule has 0 unspecified atom stereocenters. The highest BCUT2D eigenvalue weighted by molar-refractivity contribution is 14.1. The molecule has 0 radical (unpaired) electrons. The molecule has 0 aliphatic rings. The molecule has 7 heteroatoms. The molecule has 1 aromatic rings. The van der Waals surface area contributed by atoms with Gasteiger partial charge in [-0.25, -0.2) is 9.78 Å². The van der Waals surface area contributed by atoms with Crippen LogP contribution in [0.2, 0.25) is 0 Å². The quantitative estimate of drug-likeness (QED) is 0.305. The van der Waals surface area contributed by atoms with Gasteiger partial charge in [-0.1, -0.05) is 13.0 Å². The largest absolute Gasteiger partial charge is 0.478 e. The molecule has 1 heterocycles. The average molecular weight is 474 g/mol. The van der Waals surface area contributed by atoms with Crippen molar-refractivity contribution in [2.24, 2.45) is 0 Å². The fraction of sp³-hybridized carbons (Fsp3) is 0.526. The lowest BCUT2D eigenvalue weighted by Crippen LogP contribution is -2.38. The summed E-state index contributed by atoms with van der Waals surface area (Å²) in [4.78, 5) is 29.5. The van der Waals surface area contributed by atoms with E-state index in [1.165, 1.54) is 6.08 Å². The van der Waals surface area contributed by atoms with Gasteiger partial charge in [-0.15, -0.1) is 0 Å². The molecule has 0 atom stereocenters. The van der Waals surface area contributed by atoms with E-state index in [0.717, 1.165) is 3.57 Å². The van der Waals surface area contributed by atoms with Gasteiger partial charge in [0.05, 0.1) is 6.61 Å². The van der Waals surface area contributed by atoms with Gasteiger partial charge in [0, 0.05) is 35.3 Å². The molecular formula is C19H27IN2O4. The van der Waals surface area contributed by atoms with Crippen molar-refractivity contribution in [2.75, 3.05) is 19.7 Å². The van der Waals surface area contributed by atoms with E-state index in [9.17, 15) is 9.59 Å². The van der Waals surface area contributed by atoms with Crippen molar-refractivity contribution in [3.05, 3.63) is 34.1 Å². The third kappa shape index (κ3) is 9.74. The van der Waals surface area contributed by atoms with Crippen LogP contribution in [0.3, 0.4) is 0 Å². The standard InChI is InChI=1S/C19H27IN2O4/c1-5-16(23)8-6-11-22(18(24)26-19(2,3)4)12-7-13-25-17-10-9-15(20)14-21-17/h6,8-10,14H,5,7,11-13H2,1-4H3/b8-6+. The van der Waals surface area contributed by atoms with E-state index < -0.39 is 11.7 Å². The summed E-state index contributed by atoms with van der Waals surface area (Å²) in [7, 11) is 0. The van der Waals surface area contributed by atoms with Crippen LogP contribution in [-0.2, 0) is 9.53 Å². The number of allylic oxidation sites excluding steroid dienone is 1. The summed E-state index contributed by atoms with van der Waals surface area (Å²) in [5, 5.41) is 0. The van der Waals surface area contributed by atoms with Crippen molar-refractivity contribution in [2.45, 2.75) is 46.1 Å². The minimum Gasteiger partial charge on any atom is -0.478 e. The Morgan fingerprint density at radius 1 is 1.31 bits per heavy atom. The second-order valence-electron chi connectivity index (χ2n) is 6.67. The molecular weight excluding hydrogens is 447 g/mol. The number of halogens is 1. The van der Waals surface area contributed by atoms with Crippen LogP contribution < -0.4 is 4.74 Å². The fourth-order valence-corrected chi connectivity index (χ4v) is 2.21. The maximum absolute atomic E-state index is 12.3. The van der Waals surface area contributed by atoms with E-state index in [0.29, 0.717) is 38.4 Å². The first-order valence-electron chi connectivity index (χ1n) is 8.63. The number of amides is 1. The Hall–Kier alpha value is -1.64. The van der Waals surface area contributed by atoms with Gasteiger partial charge in [-0.3, -0.25) is 4.79 Å². The molecule has 144 valence electrons. The second-order valence-corrected chi connectivity index (χ2v) is 7.91. The minimum absolute atomic E-state index is 0.0299. The number of pyridine rings is 1. The van der Waals surface area contributed by atoms with Crippen LogP contribution in [0.4, 0.5) is 4.79 Å². The zero-order valence-electron chi connectivity index (χ0n) is 15.8. The maximum atomic E-state index is 12.3. The molecule has 1 aromatic heterocycles. The summed E-state index contributed by atoms with van der Waals surface area (Å²) >= 11 is 2.18. The zero-order chi connectivity index (χ0) is 19.6. The lowest BCUT2D eigenvalue weighted by molar-refractivity contribution is -0.114. The lowest BCUT2D eigenvalue weighted by atomic mass is 10.2. The van der Waals surface area contributed by atoms with Crippen LogP contribution in [0.15, 0.2) is 30.5 Å². The van der Waals surface area contributed by atoms with Crippen LogP contribution in [0.1, 0.15) is 40.5 Å². The van der Waals surface area contributed by atoms with Crippen LogP contribution >= 0.6 is 22.6 Å². The SMILES string of the molecule is CCC(=O)/C=C/CN(CCCOc1ccc(I)cn1)C(=O)OC(C)(C)C. The number of ether oxygens (including phenoxy) is 2. The molecule has 6 nitrogen and oxygen atoms in total. The number of carbonyl (C=O) groups is 2. The van der Waals surface area contributed by atoms with Crippen molar-refractivity contribution in [1.82, 2.24) is 9.88 Å². The second kappa shape index (κ2) is 11.2. The number of nitrogens with zero attached hydrogens (tertiary/aromatic N) is 2. The topological polar surface area (TPSA) is 68.7 Å². The summed E-state index contributed by atoms with van der Waals surface area (Å²) in [5.74, 6) is 0.588. The molecule has 1 rings (SSSR count). The monoisotopic (exact) mass is 474 g/mol. The summed E-state index contributed by atoms with van der Waals surface area (Å²) in [6, 6.07) is 3.73. The Kier molecular flexibility index (Phi) is 9.61. The van der Waals surface area contributed by atoms with E-state index in [-0.39, 0.29) is 5.78 Å². The van der Waals surface area contributed by atoms with E-state index in [1.54, 1.807) is 24.1 Å². The molecule has 26 heavy (non-hydrogen) atoms. The number of rotatable bonds is 9. The highest BCUT2D eigenvalue weighted by atomic mass is 127. The average Bonchev–Trinajstić information content (AvgIpc) is 2.56. The van der Waals surface area contributed by atoms with Crippen LogP contribution in [0, 0.1) is 3.57 Å². The number of aromatic nitrogens is 1. The zero-order valence-corrected chi connectivity index (χ0v) is 18.0. The van der Waals surface area contributed by atoms with Crippen LogP contribution in [0.5, 0.6) is 5.88 Å². The van der Waals surface area contributed by atoms with Gasteiger partial charge in [-0.05, 0) is 61.9 Å². The first-order valence-corrected chi connectivity index (χ1v) is 9.71. The number of hydrogen-bond donors (Lipinski definition) is 0. The molecule has 0 fully saturated rings. The Bertz CT molecular complexity index is 609. The summed E-state index contributed by atoms with van der Waals surface area (Å²) < 4.78 is 12.1. The molecule has 0 saturated heterocycles. The predicted octanol–water partition coefficient (Wildman–Crippen LogP) is 4.23. The van der Waals surface area contributed by atoms with Crippen molar-refractivity contribution in [3.8, 4) is 5.88 Å². The Balaban J connectivity index is 2.54. The third-order valence-corrected chi connectivity index (χ3v) is 3.79. The number of carbonyl (C=O) groups excluding carboxylic acids is 2. The van der Waals surface area contributed by atoms with Gasteiger partial charge in [0.15, 0.2) is 5.78 Å². The Labute approximate surface area is 169 Å². The van der Waals surface area contributed by atoms with Crippen molar-refractivity contribution < 1.29 is 19.1 Å². The van der Waals surface area contributed by atoms with Crippen molar-refractivity contribution in [1.29, 1.82) is 0 Å². The molecule has 0 spiro atoms. The molecule has 0 aliphatic heterocycles. The van der Waals surface area contributed by atoms with E-state index >= 15 is 0 Å². The van der Waals surface area contributed by atoms with Crippen molar-refractivity contribution >= 4 is 34.5 Å². The molecule has 1 amide bonds. The first-order chi connectivity index (χ1) is 12.2. The van der Waals surface area contributed by atoms with E-state index in [2.05, 4.69) is 27.6 Å². The predicted molar refractivity (Wildman–Crippen MR) is 109 cm³/mol.